The zero-order valence-corrected chi connectivity index (χ0v) is 8.54. The average molecular weight is 231 g/mol. The Kier molecular flexibility index (Phi) is 2.79. The molecule has 0 radical (unpaired) electrons. The predicted octanol–water partition coefficient (Wildman–Crippen LogP) is 2.81. The van der Waals surface area contributed by atoms with E-state index in [1.807, 2.05) is 0 Å². The maximum absolute atomic E-state index is 12.7. The first-order valence-electron chi connectivity index (χ1n) is 4.68. The van der Waals surface area contributed by atoms with Gasteiger partial charge in [-0.3, -0.25) is 0 Å². The van der Waals surface area contributed by atoms with Crippen LogP contribution in [0.1, 0.15) is 20.3 Å². The third-order valence-corrected chi connectivity index (χ3v) is 3.43. The first-order valence-corrected chi connectivity index (χ1v) is 4.68. The molecular weight excluding hydrogens is 217 g/mol. The van der Waals surface area contributed by atoms with E-state index in [4.69, 9.17) is 5.73 Å². The molecule has 0 spiro atoms. The van der Waals surface area contributed by atoms with Crippen molar-refractivity contribution in [1.29, 1.82) is 0 Å². The van der Waals surface area contributed by atoms with Crippen LogP contribution in [0.2, 0.25) is 0 Å². The molecule has 0 bridgehead atoms. The molecule has 2 atom stereocenters. The summed E-state index contributed by atoms with van der Waals surface area (Å²) in [5, 5.41) is 0. The molecule has 1 aliphatic rings. The molecule has 0 aromatic rings. The van der Waals surface area contributed by atoms with Crippen LogP contribution in [0.15, 0.2) is 0 Å². The number of hydrogen-bond acceptors (Lipinski definition) is 1. The second-order valence-corrected chi connectivity index (χ2v) is 4.68. The highest BCUT2D eigenvalue weighted by atomic mass is 19.4. The molecule has 1 fully saturated rings. The molecule has 0 saturated heterocycles. The smallest absolute Gasteiger partial charge is 0.330 e. The van der Waals surface area contributed by atoms with Crippen LogP contribution in [0.3, 0.4) is 0 Å². The van der Waals surface area contributed by atoms with Gasteiger partial charge in [-0.1, -0.05) is 13.8 Å². The number of alkyl halides is 5. The molecule has 1 saturated carbocycles. The van der Waals surface area contributed by atoms with Crippen LogP contribution in [0.4, 0.5) is 22.0 Å². The highest BCUT2D eigenvalue weighted by Gasteiger charge is 2.66. The van der Waals surface area contributed by atoms with Crippen LogP contribution in [0, 0.1) is 17.3 Å². The van der Waals surface area contributed by atoms with Crippen LogP contribution >= 0.6 is 0 Å². The van der Waals surface area contributed by atoms with E-state index in [0.717, 1.165) is 0 Å². The fourth-order valence-electron chi connectivity index (χ4n) is 2.12. The Morgan fingerprint density at radius 3 is 1.80 bits per heavy atom. The quantitative estimate of drug-likeness (QED) is 0.742. The van der Waals surface area contributed by atoms with E-state index < -0.39 is 29.9 Å². The Bertz CT molecular complexity index is 245. The fraction of sp³-hybridized carbons (Fsp3) is 1.00. The monoisotopic (exact) mass is 231 g/mol. The van der Waals surface area contributed by atoms with Gasteiger partial charge in [0, 0.05) is 6.42 Å². The molecule has 0 amide bonds. The molecule has 90 valence electrons. The van der Waals surface area contributed by atoms with E-state index in [9.17, 15) is 22.0 Å². The van der Waals surface area contributed by atoms with Crippen molar-refractivity contribution >= 4 is 0 Å². The minimum absolute atomic E-state index is 0.158. The summed E-state index contributed by atoms with van der Waals surface area (Å²) in [6, 6.07) is 0. The normalized spacial score (nSPS) is 30.4. The summed E-state index contributed by atoms with van der Waals surface area (Å²) in [7, 11) is 0. The van der Waals surface area contributed by atoms with E-state index in [-0.39, 0.29) is 12.5 Å². The molecule has 1 aliphatic carbocycles. The van der Waals surface area contributed by atoms with E-state index in [1.54, 1.807) is 13.8 Å². The Morgan fingerprint density at radius 2 is 1.53 bits per heavy atom. The van der Waals surface area contributed by atoms with Crippen molar-refractivity contribution in [3.8, 4) is 0 Å². The number of rotatable bonds is 3. The zero-order valence-electron chi connectivity index (χ0n) is 8.54. The van der Waals surface area contributed by atoms with Gasteiger partial charge in [0.05, 0.1) is 0 Å². The molecule has 0 heterocycles. The van der Waals surface area contributed by atoms with Gasteiger partial charge >= 0.3 is 12.1 Å². The van der Waals surface area contributed by atoms with Crippen LogP contribution < -0.4 is 5.73 Å². The molecule has 2 N–H and O–H groups in total. The van der Waals surface area contributed by atoms with E-state index in [1.165, 1.54) is 0 Å². The summed E-state index contributed by atoms with van der Waals surface area (Å²) in [6.45, 7) is 3.49. The van der Waals surface area contributed by atoms with Crippen LogP contribution in [0.25, 0.3) is 0 Å². The lowest BCUT2D eigenvalue weighted by Gasteiger charge is -2.20. The van der Waals surface area contributed by atoms with E-state index in [2.05, 4.69) is 0 Å². The summed E-state index contributed by atoms with van der Waals surface area (Å²) >= 11 is 0. The van der Waals surface area contributed by atoms with Crippen molar-refractivity contribution in [1.82, 2.24) is 0 Å². The van der Waals surface area contributed by atoms with Crippen molar-refractivity contribution in [2.75, 3.05) is 6.54 Å². The van der Waals surface area contributed by atoms with Gasteiger partial charge in [-0.2, -0.15) is 22.0 Å². The second kappa shape index (κ2) is 3.30. The lowest BCUT2D eigenvalue weighted by Crippen LogP contribution is -2.37. The first kappa shape index (κ1) is 12.7. The van der Waals surface area contributed by atoms with Gasteiger partial charge in [-0.05, 0) is 23.8 Å². The Morgan fingerprint density at radius 1 is 1.07 bits per heavy atom. The van der Waals surface area contributed by atoms with Gasteiger partial charge in [-0.15, -0.1) is 0 Å². The molecule has 1 rings (SSSR count). The zero-order chi connectivity index (χ0) is 12.1. The van der Waals surface area contributed by atoms with Crippen LogP contribution in [-0.4, -0.2) is 18.6 Å². The standard InChI is InChI=1S/C9H14F5N/c1-7(2)5(6(7)4-15)3-8(10,11)9(12,13)14/h5-6H,3-4,15H2,1-2H3/t5-,6-/m1/s1. The summed E-state index contributed by atoms with van der Waals surface area (Å²) in [5.74, 6) is -5.47. The van der Waals surface area contributed by atoms with Crippen molar-refractivity contribution in [2.24, 2.45) is 23.0 Å². The minimum atomic E-state index is -5.45. The molecule has 6 heteroatoms. The van der Waals surface area contributed by atoms with E-state index in [0.29, 0.717) is 0 Å². The first-order chi connectivity index (χ1) is 6.54. The maximum Gasteiger partial charge on any atom is 0.453 e. The van der Waals surface area contributed by atoms with Gasteiger partial charge < -0.3 is 5.73 Å². The van der Waals surface area contributed by atoms with Crippen molar-refractivity contribution in [3.05, 3.63) is 0 Å². The van der Waals surface area contributed by atoms with Crippen molar-refractivity contribution < 1.29 is 22.0 Å². The Balaban J connectivity index is 2.65. The maximum atomic E-state index is 12.7. The molecule has 0 aromatic heterocycles. The average Bonchev–Trinajstić information content (AvgIpc) is 2.49. The number of nitrogens with two attached hydrogens (primary N) is 1. The van der Waals surface area contributed by atoms with Gasteiger partial charge in [-0.25, -0.2) is 0 Å². The van der Waals surface area contributed by atoms with Gasteiger partial charge in [0.2, 0.25) is 0 Å². The molecule has 1 nitrogen and oxygen atoms in total. The third kappa shape index (κ3) is 2.09. The lowest BCUT2D eigenvalue weighted by atomic mass is 10.0. The van der Waals surface area contributed by atoms with Crippen molar-refractivity contribution in [3.63, 3.8) is 0 Å². The number of hydrogen-bond donors (Lipinski definition) is 1. The summed E-state index contributed by atoms with van der Waals surface area (Å²) in [6.07, 6.45) is -6.60. The molecular formula is C9H14F5N. The van der Waals surface area contributed by atoms with Crippen molar-refractivity contribution in [2.45, 2.75) is 32.4 Å². The lowest BCUT2D eigenvalue weighted by molar-refractivity contribution is -0.286. The van der Waals surface area contributed by atoms with Crippen LogP contribution in [0.5, 0.6) is 0 Å². The summed E-state index contributed by atoms with van der Waals surface area (Å²) < 4.78 is 61.2. The van der Waals surface area contributed by atoms with Gasteiger partial charge in [0.1, 0.15) is 0 Å². The molecule has 0 unspecified atom stereocenters. The van der Waals surface area contributed by atoms with Gasteiger partial charge in [0.25, 0.3) is 0 Å². The van der Waals surface area contributed by atoms with Crippen LogP contribution in [-0.2, 0) is 0 Å². The molecule has 15 heavy (non-hydrogen) atoms. The minimum Gasteiger partial charge on any atom is -0.330 e. The highest BCUT2D eigenvalue weighted by molar-refractivity contribution is 5.07. The third-order valence-electron chi connectivity index (χ3n) is 3.43. The Labute approximate surface area is 84.8 Å². The summed E-state index contributed by atoms with van der Waals surface area (Å²) in [5.41, 5.74) is 4.80. The summed E-state index contributed by atoms with van der Waals surface area (Å²) in [4.78, 5) is 0. The Hall–Kier alpha value is -0.390. The van der Waals surface area contributed by atoms with E-state index >= 15 is 0 Å². The molecule has 0 aliphatic heterocycles. The number of halogens is 5. The SMILES string of the molecule is CC1(C)[C@H](CN)[C@H]1CC(F)(F)C(F)(F)F. The highest BCUT2D eigenvalue weighted by Crippen LogP contribution is 2.62. The molecule has 0 aromatic carbocycles. The largest absolute Gasteiger partial charge is 0.453 e. The van der Waals surface area contributed by atoms with Gasteiger partial charge in [0.15, 0.2) is 0 Å². The predicted molar refractivity (Wildman–Crippen MR) is 45.4 cm³/mol. The fourth-order valence-corrected chi connectivity index (χ4v) is 2.12. The topological polar surface area (TPSA) is 26.0 Å². The second-order valence-electron chi connectivity index (χ2n) is 4.68.